The maximum Gasteiger partial charge on any atom is 0.309 e. The minimum atomic E-state index is -0.778. The second-order valence-corrected chi connectivity index (χ2v) is 4.91. The van der Waals surface area contributed by atoms with E-state index in [9.17, 15) is 9.90 Å². The van der Waals surface area contributed by atoms with E-state index in [-0.39, 0.29) is 0 Å². The molecule has 4 nitrogen and oxygen atoms in total. The average Bonchev–Trinajstić information content (AvgIpc) is 2.29. The Labute approximate surface area is 108 Å². The molecule has 0 aliphatic rings. The predicted molar refractivity (Wildman–Crippen MR) is 69.5 cm³/mol. The van der Waals surface area contributed by atoms with Gasteiger partial charge in [-0.2, -0.15) is 0 Å². The minimum absolute atomic E-state index is 0.452. The number of hydrogen-bond donors (Lipinski definition) is 1. The molecule has 1 rings (SSSR count). The molecule has 0 saturated carbocycles. The lowest BCUT2D eigenvalue weighted by atomic mass is 9.81. The third-order valence-electron chi connectivity index (χ3n) is 3.11. The quantitative estimate of drug-likeness (QED) is 0.756. The molecule has 0 aromatic carbocycles. The zero-order valence-corrected chi connectivity index (χ0v) is 11.3. The summed E-state index contributed by atoms with van der Waals surface area (Å²) in [5, 5.41) is 9.39. The Hall–Kier alpha value is -1.42. The van der Waals surface area contributed by atoms with Gasteiger partial charge in [-0.1, -0.05) is 6.07 Å². The van der Waals surface area contributed by atoms with Crippen LogP contribution in [0.1, 0.15) is 31.2 Å². The largest absolute Gasteiger partial charge is 0.481 e. The summed E-state index contributed by atoms with van der Waals surface area (Å²) in [7, 11) is 1.63. The van der Waals surface area contributed by atoms with Crippen molar-refractivity contribution in [1.29, 1.82) is 0 Å². The van der Waals surface area contributed by atoms with E-state index in [0.717, 1.165) is 17.8 Å². The highest BCUT2D eigenvalue weighted by Gasteiger charge is 2.33. The van der Waals surface area contributed by atoms with E-state index in [0.29, 0.717) is 19.4 Å². The highest BCUT2D eigenvalue weighted by molar-refractivity contribution is 5.74. The Balaban J connectivity index is 2.76. The van der Waals surface area contributed by atoms with E-state index < -0.39 is 11.4 Å². The van der Waals surface area contributed by atoms with Crippen molar-refractivity contribution in [1.82, 2.24) is 4.98 Å². The fourth-order valence-corrected chi connectivity index (χ4v) is 1.98. The second kappa shape index (κ2) is 6.50. The summed E-state index contributed by atoms with van der Waals surface area (Å²) in [6.07, 6.45) is 1.78. The van der Waals surface area contributed by atoms with Crippen molar-refractivity contribution in [2.45, 2.75) is 33.1 Å². The van der Waals surface area contributed by atoms with E-state index in [1.165, 1.54) is 0 Å². The number of nitrogens with zero attached hydrogens (tertiary/aromatic N) is 1. The smallest absolute Gasteiger partial charge is 0.309 e. The number of carbonyl (C=O) groups is 1. The normalized spacial score (nSPS) is 14.2. The Kier molecular flexibility index (Phi) is 5.28. The molecule has 0 aliphatic carbocycles. The Morgan fingerprint density at radius 1 is 1.50 bits per heavy atom. The van der Waals surface area contributed by atoms with E-state index in [1.54, 1.807) is 14.0 Å². The van der Waals surface area contributed by atoms with Gasteiger partial charge in [0.15, 0.2) is 0 Å². The van der Waals surface area contributed by atoms with Gasteiger partial charge in [-0.3, -0.25) is 9.78 Å². The summed E-state index contributed by atoms with van der Waals surface area (Å²) < 4.78 is 4.98. The summed E-state index contributed by atoms with van der Waals surface area (Å²) in [5.41, 5.74) is 0.966. The van der Waals surface area contributed by atoms with Crippen LogP contribution in [0.15, 0.2) is 18.2 Å². The molecule has 1 aromatic rings. The van der Waals surface area contributed by atoms with E-state index in [2.05, 4.69) is 4.98 Å². The molecule has 0 aliphatic heterocycles. The Morgan fingerprint density at radius 3 is 2.78 bits per heavy atom. The average molecular weight is 251 g/mol. The van der Waals surface area contributed by atoms with Crippen molar-refractivity contribution in [2.24, 2.45) is 5.41 Å². The van der Waals surface area contributed by atoms with Gasteiger partial charge in [-0.05, 0) is 38.8 Å². The van der Waals surface area contributed by atoms with Crippen LogP contribution in [0.3, 0.4) is 0 Å². The van der Waals surface area contributed by atoms with Crippen molar-refractivity contribution in [3.8, 4) is 0 Å². The number of pyridine rings is 1. The van der Waals surface area contributed by atoms with Crippen LogP contribution in [0.4, 0.5) is 0 Å². The number of methoxy groups -OCH3 is 1. The minimum Gasteiger partial charge on any atom is -0.481 e. The van der Waals surface area contributed by atoms with Crippen LogP contribution in [0.25, 0.3) is 0 Å². The monoisotopic (exact) mass is 251 g/mol. The van der Waals surface area contributed by atoms with Crippen LogP contribution < -0.4 is 0 Å². The summed E-state index contributed by atoms with van der Waals surface area (Å²) in [4.78, 5) is 15.8. The molecule has 0 bridgehead atoms. The maximum atomic E-state index is 11.4. The van der Waals surface area contributed by atoms with Crippen LogP contribution in [-0.2, 0) is 16.0 Å². The fraction of sp³-hybridized carbons (Fsp3) is 0.571. The lowest BCUT2D eigenvalue weighted by Crippen LogP contribution is -2.30. The second-order valence-electron chi connectivity index (χ2n) is 4.91. The number of carboxylic acids is 1. The zero-order chi connectivity index (χ0) is 13.6. The molecule has 1 atom stereocenters. The SMILES string of the molecule is COCCCC(C)(Cc1cccc(C)n1)C(=O)O. The lowest BCUT2D eigenvalue weighted by Gasteiger charge is -2.24. The van der Waals surface area contributed by atoms with Gasteiger partial charge in [0.05, 0.1) is 5.41 Å². The van der Waals surface area contributed by atoms with Crippen molar-refractivity contribution in [2.75, 3.05) is 13.7 Å². The molecule has 0 fully saturated rings. The number of carboxylic acid groups (broad SMARTS) is 1. The zero-order valence-electron chi connectivity index (χ0n) is 11.3. The van der Waals surface area contributed by atoms with Crippen molar-refractivity contribution >= 4 is 5.97 Å². The van der Waals surface area contributed by atoms with Crippen LogP contribution in [0.2, 0.25) is 0 Å². The highest BCUT2D eigenvalue weighted by atomic mass is 16.5. The molecular formula is C14H21NO3. The molecule has 0 saturated heterocycles. The molecular weight excluding hydrogens is 230 g/mol. The number of ether oxygens (including phenoxy) is 1. The van der Waals surface area contributed by atoms with Gasteiger partial charge in [0.25, 0.3) is 0 Å². The van der Waals surface area contributed by atoms with Gasteiger partial charge in [0.2, 0.25) is 0 Å². The van der Waals surface area contributed by atoms with Crippen LogP contribution in [0.5, 0.6) is 0 Å². The van der Waals surface area contributed by atoms with E-state index in [1.807, 2.05) is 25.1 Å². The van der Waals surface area contributed by atoms with Gasteiger partial charge < -0.3 is 9.84 Å². The first kappa shape index (κ1) is 14.6. The molecule has 4 heteroatoms. The standard InChI is InChI=1S/C14H21NO3/c1-11-6-4-7-12(15-11)10-14(2,13(16)17)8-5-9-18-3/h4,6-7H,5,8-10H2,1-3H3,(H,16,17). The number of aromatic nitrogens is 1. The summed E-state index contributed by atoms with van der Waals surface area (Å²) in [5.74, 6) is -0.776. The number of hydrogen-bond acceptors (Lipinski definition) is 3. The molecule has 1 N–H and O–H groups in total. The Morgan fingerprint density at radius 2 is 2.22 bits per heavy atom. The molecule has 0 spiro atoms. The Bertz CT molecular complexity index is 406. The summed E-state index contributed by atoms with van der Waals surface area (Å²) in [6.45, 7) is 4.27. The first-order chi connectivity index (χ1) is 8.48. The molecule has 0 amide bonds. The number of aryl methyl sites for hydroxylation is 1. The number of aliphatic carboxylic acids is 1. The van der Waals surface area contributed by atoms with Gasteiger partial charge in [0, 0.05) is 31.5 Å². The van der Waals surface area contributed by atoms with Crippen LogP contribution >= 0.6 is 0 Å². The third kappa shape index (κ3) is 4.11. The van der Waals surface area contributed by atoms with Gasteiger partial charge >= 0.3 is 5.97 Å². The molecule has 0 radical (unpaired) electrons. The summed E-state index contributed by atoms with van der Waals surface area (Å²) >= 11 is 0. The van der Waals surface area contributed by atoms with Crippen LogP contribution in [0, 0.1) is 12.3 Å². The molecule has 1 unspecified atom stereocenters. The summed E-state index contributed by atoms with van der Waals surface area (Å²) in [6, 6.07) is 5.70. The van der Waals surface area contributed by atoms with Gasteiger partial charge in [-0.15, -0.1) is 0 Å². The molecule has 1 aromatic heterocycles. The first-order valence-electron chi connectivity index (χ1n) is 6.13. The first-order valence-corrected chi connectivity index (χ1v) is 6.13. The molecule has 1 heterocycles. The van der Waals surface area contributed by atoms with Crippen LogP contribution in [-0.4, -0.2) is 29.8 Å². The lowest BCUT2D eigenvalue weighted by molar-refractivity contribution is -0.148. The van der Waals surface area contributed by atoms with Crippen molar-refractivity contribution in [3.63, 3.8) is 0 Å². The topological polar surface area (TPSA) is 59.4 Å². The molecule has 18 heavy (non-hydrogen) atoms. The van der Waals surface area contributed by atoms with E-state index in [4.69, 9.17) is 4.74 Å². The van der Waals surface area contributed by atoms with Crippen molar-refractivity contribution < 1.29 is 14.6 Å². The predicted octanol–water partition coefficient (Wildman–Crippen LogP) is 2.45. The van der Waals surface area contributed by atoms with Crippen molar-refractivity contribution in [3.05, 3.63) is 29.6 Å². The maximum absolute atomic E-state index is 11.4. The van der Waals surface area contributed by atoms with Gasteiger partial charge in [-0.25, -0.2) is 0 Å². The highest BCUT2D eigenvalue weighted by Crippen LogP contribution is 2.28. The number of rotatable bonds is 7. The third-order valence-corrected chi connectivity index (χ3v) is 3.11. The molecule has 100 valence electrons. The fourth-order valence-electron chi connectivity index (χ4n) is 1.98. The van der Waals surface area contributed by atoms with E-state index >= 15 is 0 Å². The van der Waals surface area contributed by atoms with Gasteiger partial charge in [0.1, 0.15) is 0 Å².